The van der Waals surface area contributed by atoms with Crippen LogP contribution in [-0.2, 0) is 14.8 Å². The van der Waals surface area contributed by atoms with Crippen molar-refractivity contribution in [2.45, 2.75) is 4.90 Å². The monoisotopic (exact) mass is 311 g/mol. The van der Waals surface area contributed by atoms with Crippen molar-refractivity contribution in [1.29, 1.82) is 0 Å². The molecule has 6 nitrogen and oxygen atoms in total. The van der Waals surface area contributed by atoms with Crippen LogP contribution in [0.4, 0.5) is 0 Å². The highest BCUT2D eigenvalue weighted by Crippen LogP contribution is 2.29. The van der Waals surface area contributed by atoms with E-state index in [2.05, 4.69) is 0 Å². The van der Waals surface area contributed by atoms with E-state index in [0.717, 1.165) is 6.07 Å². The summed E-state index contributed by atoms with van der Waals surface area (Å²) in [5, 5.41) is 8.06. The minimum atomic E-state index is -4.12. The average molecular weight is 312 g/mol. The molecule has 0 fully saturated rings. The summed E-state index contributed by atoms with van der Waals surface area (Å²) in [6.07, 6.45) is 0.320. The van der Waals surface area contributed by atoms with Crippen molar-refractivity contribution in [1.82, 2.24) is 4.72 Å². The maximum absolute atomic E-state index is 11.7. The highest BCUT2D eigenvalue weighted by molar-refractivity contribution is 7.89. The van der Waals surface area contributed by atoms with Gasteiger partial charge in [-0.3, -0.25) is 9.59 Å². The van der Waals surface area contributed by atoms with Crippen LogP contribution in [0.2, 0.25) is 10.0 Å². The Morgan fingerprint density at radius 3 is 2.50 bits per heavy atom. The topological polar surface area (TPSA) is 101 Å². The van der Waals surface area contributed by atoms with Gasteiger partial charge in [0.05, 0.1) is 15.6 Å². The number of carboxylic acid groups (broad SMARTS) is 1. The van der Waals surface area contributed by atoms with E-state index in [4.69, 9.17) is 28.3 Å². The van der Waals surface area contributed by atoms with Crippen LogP contribution in [0.5, 0.6) is 0 Å². The van der Waals surface area contributed by atoms with Gasteiger partial charge in [-0.15, -0.1) is 0 Å². The van der Waals surface area contributed by atoms with Gasteiger partial charge in [-0.2, -0.15) is 4.72 Å². The maximum Gasteiger partial charge on any atom is 0.318 e. The van der Waals surface area contributed by atoms with Crippen molar-refractivity contribution < 1.29 is 23.1 Å². The summed E-state index contributed by atoms with van der Waals surface area (Å²) in [7, 11) is -4.12. The number of carbonyl (C=O) groups excluding carboxylic acids is 1. The van der Waals surface area contributed by atoms with Crippen molar-refractivity contribution >= 4 is 45.5 Å². The molecule has 1 aromatic rings. The Morgan fingerprint density at radius 2 is 2.00 bits per heavy atom. The fourth-order valence-corrected chi connectivity index (χ4v) is 2.93. The number of carbonyl (C=O) groups is 2. The molecule has 0 saturated carbocycles. The second-order valence-corrected chi connectivity index (χ2v) is 5.63. The predicted molar refractivity (Wildman–Crippen MR) is 64.7 cm³/mol. The summed E-state index contributed by atoms with van der Waals surface area (Å²) in [5.74, 6) is -1.35. The Balaban J connectivity index is 3.25. The van der Waals surface area contributed by atoms with Crippen molar-refractivity contribution in [3.8, 4) is 0 Å². The van der Waals surface area contributed by atoms with Gasteiger partial charge in [0.25, 0.3) is 0 Å². The normalized spacial score (nSPS) is 11.2. The lowest BCUT2D eigenvalue weighted by Crippen LogP contribution is -2.29. The second-order valence-electron chi connectivity index (χ2n) is 3.11. The van der Waals surface area contributed by atoms with Crippen LogP contribution in [0.1, 0.15) is 10.4 Å². The minimum Gasteiger partial charge on any atom is -0.480 e. The van der Waals surface area contributed by atoms with Gasteiger partial charge in [-0.25, -0.2) is 8.42 Å². The van der Waals surface area contributed by atoms with Crippen LogP contribution in [0.25, 0.3) is 0 Å². The van der Waals surface area contributed by atoms with Crippen LogP contribution < -0.4 is 4.72 Å². The van der Waals surface area contributed by atoms with Crippen molar-refractivity contribution in [3.63, 3.8) is 0 Å². The minimum absolute atomic E-state index is 0.00665. The van der Waals surface area contributed by atoms with E-state index in [1.54, 1.807) is 0 Å². The molecule has 2 N–H and O–H groups in total. The highest BCUT2D eigenvalue weighted by Gasteiger charge is 2.21. The average Bonchev–Trinajstić information content (AvgIpc) is 2.27. The quantitative estimate of drug-likeness (QED) is 0.795. The molecule has 1 rings (SSSR count). The Hall–Kier alpha value is -1.15. The summed E-state index contributed by atoms with van der Waals surface area (Å²) < 4.78 is 25.3. The third kappa shape index (κ3) is 3.20. The van der Waals surface area contributed by atoms with E-state index < -0.39 is 27.4 Å². The number of carboxylic acids is 1. The lowest BCUT2D eigenvalue weighted by Gasteiger charge is -2.08. The summed E-state index contributed by atoms with van der Waals surface area (Å²) in [4.78, 5) is 20.6. The molecule has 0 bridgehead atoms. The van der Waals surface area contributed by atoms with Crippen molar-refractivity contribution in [3.05, 3.63) is 27.7 Å². The lowest BCUT2D eigenvalue weighted by atomic mass is 10.2. The summed E-state index contributed by atoms with van der Waals surface area (Å²) in [6, 6.07) is 2.27. The molecule has 18 heavy (non-hydrogen) atoms. The smallest absolute Gasteiger partial charge is 0.318 e. The Kier molecular flexibility index (Phi) is 4.69. The molecular formula is C9H7Cl2NO5S. The number of rotatable bonds is 5. The van der Waals surface area contributed by atoms with Crippen LogP contribution in [0, 0.1) is 0 Å². The molecule has 0 aliphatic carbocycles. The number of hydrogen-bond acceptors (Lipinski definition) is 4. The number of hydrogen-bond donors (Lipinski definition) is 2. The van der Waals surface area contributed by atoms with Crippen LogP contribution in [-0.4, -0.2) is 32.3 Å². The first-order chi connectivity index (χ1) is 8.29. The molecule has 9 heteroatoms. The molecule has 0 aromatic heterocycles. The fraction of sp³-hybridized carbons (Fsp3) is 0.111. The molecule has 0 spiro atoms. The first-order valence-corrected chi connectivity index (χ1v) is 6.68. The van der Waals surface area contributed by atoms with Gasteiger partial charge >= 0.3 is 5.97 Å². The van der Waals surface area contributed by atoms with Crippen molar-refractivity contribution in [2.24, 2.45) is 0 Å². The summed E-state index contributed by atoms with van der Waals surface area (Å²) >= 11 is 11.4. The second kappa shape index (κ2) is 5.66. The van der Waals surface area contributed by atoms with Crippen molar-refractivity contribution in [2.75, 3.05) is 6.54 Å². The van der Waals surface area contributed by atoms with Gasteiger partial charge < -0.3 is 5.11 Å². The van der Waals surface area contributed by atoms with E-state index >= 15 is 0 Å². The number of aldehydes is 1. The number of sulfonamides is 1. The number of benzene rings is 1. The third-order valence-electron chi connectivity index (χ3n) is 1.91. The lowest BCUT2D eigenvalue weighted by molar-refractivity contribution is -0.135. The molecule has 0 radical (unpaired) electrons. The van der Waals surface area contributed by atoms with Crippen LogP contribution in [0.3, 0.4) is 0 Å². The molecule has 0 heterocycles. The summed E-state index contributed by atoms with van der Waals surface area (Å²) in [5.41, 5.74) is -0.170. The van der Waals surface area contributed by atoms with Gasteiger partial charge in [0.2, 0.25) is 10.0 Å². The standard InChI is InChI=1S/C9H7Cl2NO5S/c10-6-1-2-7(9(11)5(6)4-13)18(16,17)12-3-8(14)15/h1-2,4,12H,3H2,(H,14,15). The van der Waals surface area contributed by atoms with E-state index in [9.17, 15) is 18.0 Å². The molecular weight excluding hydrogens is 305 g/mol. The number of aliphatic carboxylic acids is 1. The van der Waals surface area contributed by atoms with Gasteiger partial charge in [0.1, 0.15) is 11.4 Å². The highest BCUT2D eigenvalue weighted by atomic mass is 35.5. The zero-order valence-corrected chi connectivity index (χ0v) is 11.0. The maximum atomic E-state index is 11.7. The molecule has 0 amide bonds. The number of halogens is 2. The molecule has 0 atom stereocenters. The zero-order chi connectivity index (χ0) is 13.9. The van der Waals surface area contributed by atoms with Crippen LogP contribution >= 0.6 is 23.2 Å². The largest absolute Gasteiger partial charge is 0.480 e. The molecule has 0 saturated heterocycles. The van der Waals surface area contributed by atoms with E-state index in [-0.39, 0.29) is 15.6 Å². The predicted octanol–water partition coefficient (Wildman–Crippen LogP) is 1.17. The van der Waals surface area contributed by atoms with Gasteiger partial charge in [-0.05, 0) is 12.1 Å². The number of nitrogens with one attached hydrogen (secondary N) is 1. The van der Waals surface area contributed by atoms with Gasteiger partial charge in [-0.1, -0.05) is 23.2 Å². The Labute approximate surface area is 113 Å². The van der Waals surface area contributed by atoms with Gasteiger partial charge in [0, 0.05) is 0 Å². The SMILES string of the molecule is O=Cc1c(Cl)ccc(S(=O)(=O)NCC(=O)O)c1Cl. The van der Waals surface area contributed by atoms with E-state index in [0.29, 0.717) is 6.29 Å². The van der Waals surface area contributed by atoms with Crippen LogP contribution in [0.15, 0.2) is 17.0 Å². The first kappa shape index (κ1) is 14.9. The summed E-state index contributed by atoms with van der Waals surface area (Å²) in [6.45, 7) is -0.794. The molecule has 98 valence electrons. The Bertz CT molecular complexity index is 599. The van der Waals surface area contributed by atoms with E-state index in [1.165, 1.54) is 6.07 Å². The molecule has 1 aromatic carbocycles. The molecule has 0 aliphatic heterocycles. The first-order valence-electron chi connectivity index (χ1n) is 4.44. The van der Waals surface area contributed by atoms with Gasteiger partial charge in [0.15, 0.2) is 6.29 Å². The third-order valence-corrected chi connectivity index (χ3v) is 4.20. The Morgan fingerprint density at radius 1 is 1.39 bits per heavy atom. The molecule has 0 aliphatic rings. The zero-order valence-electron chi connectivity index (χ0n) is 8.68. The van der Waals surface area contributed by atoms with E-state index in [1.807, 2.05) is 4.72 Å². The fourth-order valence-electron chi connectivity index (χ4n) is 1.10. The molecule has 0 unspecified atom stereocenters.